The second-order valence-corrected chi connectivity index (χ2v) is 5.59. The molecule has 0 amide bonds. The Labute approximate surface area is 105 Å². The lowest BCUT2D eigenvalue weighted by Gasteiger charge is -2.46. The molecule has 3 nitrogen and oxygen atoms in total. The van der Waals surface area contributed by atoms with Crippen LogP contribution in [0.15, 0.2) is 12.2 Å². The van der Waals surface area contributed by atoms with Gasteiger partial charge in [-0.25, -0.2) is 0 Å². The molecule has 3 heteroatoms. The maximum Gasteiger partial charge on any atom is 0.157 e. The van der Waals surface area contributed by atoms with Crippen molar-refractivity contribution < 1.29 is 14.6 Å². The first-order valence-corrected chi connectivity index (χ1v) is 6.31. The zero-order valence-electron chi connectivity index (χ0n) is 11.5. The third kappa shape index (κ3) is 3.09. The molecule has 17 heavy (non-hydrogen) atoms. The van der Waals surface area contributed by atoms with Crippen molar-refractivity contribution in [3.8, 4) is 0 Å². The summed E-state index contributed by atoms with van der Waals surface area (Å²) in [5.41, 5.74) is 1.32. The van der Waals surface area contributed by atoms with E-state index in [-0.39, 0.29) is 18.3 Å². The standard InChI is InChI=1S/C14H26O3/c1-10-6-7-11(9-15)14(2,3)12(10)8-13(16-4)17-5/h11-13,15H,1,6-9H2,2-5H3/t11-,12-/m0/s1. The van der Waals surface area contributed by atoms with Gasteiger partial charge in [0.2, 0.25) is 0 Å². The number of hydrogen-bond donors (Lipinski definition) is 1. The molecule has 1 saturated carbocycles. The van der Waals surface area contributed by atoms with Gasteiger partial charge >= 0.3 is 0 Å². The fraction of sp³-hybridized carbons (Fsp3) is 0.857. The van der Waals surface area contributed by atoms with Gasteiger partial charge in [0.05, 0.1) is 0 Å². The van der Waals surface area contributed by atoms with Crippen LogP contribution in [0.25, 0.3) is 0 Å². The summed E-state index contributed by atoms with van der Waals surface area (Å²) in [6.07, 6.45) is 2.66. The van der Waals surface area contributed by atoms with E-state index in [0.717, 1.165) is 19.3 Å². The number of ether oxygens (including phenoxy) is 2. The van der Waals surface area contributed by atoms with Crippen molar-refractivity contribution in [2.45, 2.75) is 39.4 Å². The van der Waals surface area contributed by atoms with Crippen molar-refractivity contribution in [1.82, 2.24) is 0 Å². The molecule has 0 aromatic heterocycles. The Bertz CT molecular complexity index is 256. The summed E-state index contributed by atoms with van der Waals surface area (Å²) in [6.45, 7) is 8.87. The van der Waals surface area contributed by atoms with Crippen LogP contribution >= 0.6 is 0 Å². The lowest BCUT2D eigenvalue weighted by Crippen LogP contribution is -2.41. The van der Waals surface area contributed by atoms with Crippen LogP contribution in [0, 0.1) is 17.3 Å². The maximum absolute atomic E-state index is 9.49. The zero-order valence-corrected chi connectivity index (χ0v) is 11.5. The van der Waals surface area contributed by atoms with Crippen molar-refractivity contribution in [1.29, 1.82) is 0 Å². The van der Waals surface area contributed by atoms with Gasteiger partial charge in [-0.3, -0.25) is 0 Å². The largest absolute Gasteiger partial charge is 0.396 e. The Kier molecular flexibility index (Phi) is 5.17. The minimum atomic E-state index is -0.187. The van der Waals surface area contributed by atoms with E-state index >= 15 is 0 Å². The summed E-state index contributed by atoms with van der Waals surface area (Å²) in [7, 11) is 3.33. The molecule has 0 aromatic carbocycles. The second-order valence-electron chi connectivity index (χ2n) is 5.59. The van der Waals surface area contributed by atoms with Crippen molar-refractivity contribution in [3.63, 3.8) is 0 Å². The van der Waals surface area contributed by atoms with Crippen LogP contribution in [-0.2, 0) is 9.47 Å². The van der Waals surface area contributed by atoms with Gasteiger partial charge in [0.25, 0.3) is 0 Å². The summed E-state index contributed by atoms with van der Waals surface area (Å²) in [5, 5.41) is 9.49. The molecule has 1 rings (SSSR count). The van der Waals surface area contributed by atoms with Gasteiger partial charge in [-0.05, 0) is 30.1 Å². The fourth-order valence-corrected chi connectivity index (χ4v) is 2.99. The van der Waals surface area contributed by atoms with Crippen molar-refractivity contribution in [3.05, 3.63) is 12.2 Å². The number of allylic oxidation sites excluding steroid dienone is 1. The Hall–Kier alpha value is -0.380. The lowest BCUT2D eigenvalue weighted by atomic mass is 9.60. The molecule has 1 N–H and O–H groups in total. The first-order chi connectivity index (χ1) is 7.97. The van der Waals surface area contributed by atoms with E-state index in [1.54, 1.807) is 14.2 Å². The maximum atomic E-state index is 9.49. The van der Waals surface area contributed by atoms with E-state index in [1.165, 1.54) is 5.57 Å². The molecule has 2 atom stereocenters. The summed E-state index contributed by atoms with van der Waals surface area (Å²) in [6, 6.07) is 0. The Balaban J connectivity index is 2.81. The van der Waals surface area contributed by atoms with Gasteiger partial charge in [0.15, 0.2) is 6.29 Å². The van der Waals surface area contributed by atoms with Gasteiger partial charge in [-0.2, -0.15) is 0 Å². The summed E-state index contributed by atoms with van der Waals surface area (Å²) in [4.78, 5) is 0. The Morgan fingerprint density at radius 2 is 2.00 bits per heavy atom. The molecule has 0 radical (unpaired) electrons. The van der Waals surface area contributed by atoms with E-state index < -0.39 is 0 Å². The first kappa shape index (κ1) is 14.7. The predicted molar refractivity (Wildman–Crippen MR) is 68.6 cm³/mol. The number of hydrogen-bond acceptors (Lipinski definition) is 3. The minimum absolute atomic E-state index is 0.0550. The van der Waals surface area contributed by atoms with Gasteiger partial charge in [0, 0.05) is 27.2 Å². The van der Waals surface area contributed by atoms with Crippen LogP contribution in [-0.4, -0.2) is 32.2 Å². The molecule has 0 unspecified atom stereocenters. The third-order valence-electron chi connectivity index (χ3n) is 4.43. The first-order valence-electron chi connectivity index (χ1n) is 6.31. The quantitative estimate of drug-likeness (QED) is 0.595. The van der Waals surface area contributed by atoms with Crippen molar-refractivity contribution >= 4 is 0 Å². The Morgan fingerprint density at radius 1 is 1.41 bits per heavy atom. The average Bonchev–Trinajstić information content (AvgIpc) is 2.29. The van der Waals surface area contributed by atoms with Gasteiger partial charge in [-0.1, -0.05) is 26.0 Å². The number of aliphatic hydroxyl groups excluding tert-OH is 1. The molecule has 0 spiro atoms. The topological polar surface area (TPSA) is 38.7 Å². The highest BCUT2D eigenvalue weighted by molar-refractivity contribution is 5.11. The molecule has 100 valence electrons. The fourth-order valence-electron chi connectivity index (χ4n) is 2.99. The van der Waals surface area contributed by atoms with Crippen LogP contribution < -0.4 is 0 Å². The molecule has 0 aliphatic heterocycles. The molecule has 0 aromatic rings. The summed E-state index contributed by atoms with van der Waals surface area (Å²) >= 11 is 0. The van der Waals surface area contributed by atoms with Gasteiger partial charge in [-0.15, -0.1) is 0 Å². The minimum Gasteiger partial charge on any atom is -0.396 e. The second kappa shape index (κ2) is 5.98. The van der Waals surface area contributed by atoms with Crippen LogP contribution in [0.3, 0.4) is 0 Å². The summed E-state index contributed by atoms with van der Waals surface area (Å²) in [5.74, 6) is 0.686. The molecule has 0 bridgehead atoms. The predicted octanol–water partition coefficient (Wildman–Crippen LogP) is 2.60. The number of rotatable bonds is 5. The smallest absolute Gasteiger partial charge is 0.157 e. The molecule has 0 saturated heterocycles. The zero-order chi connectivity index (χ0) is 13.1. The SMILES string of the molecule is C=C1CC[C@@H](CO)C(C)(C)[C@H]1CC(OC)OC. The van der Waals surface area contributed by atoms with E-state index in [0.29, 0.717) is 11.8 Å². The monoisotopic (exact) mass is 242 g/mol. The van der Waals surface area contributed by atoms with E-state index in [4.69, 9.17) is 9.47 Å². The lowest BCUT2D eigenvalue weighted by molar-refractivity contribution is -0.124. The molecule has 1 aliphatic carbocycles. The van der Waals surface area contributed by atoms with Crippen LogP contribution in [0.4, 0.5) is 0 Å². The van der Waals surface area contributed by atoms with Crippen LogP contribution in [0.5, 0.6) is 0 Å². The molecular weight excluding hydrogens is 216 g/mol. The molecular formula is C14H26O3. The normalized spacial score (nSPS) is 28.7. The highest BCUT2D eigenvalue weighted by Crippen LogP contribution is 2.49. The summed E-state index contributed by atoms with van der Waals surface area (Å²) < 4.78 is 10.6. The van der Waals surface area contributed by atoms with Crippen molar-refractivity contribution in [2.75, 3.05) is 20.8 Å². The molecule has 1 fully saturated rings. The highest BCUT2D eigenvalue weighted by atomic mass is 16.7. The Morgan fingerprint density at radius 3 is 2.47 bits per heavy atom. The molecule has 0 heterocycles. The third-order valence-corrected chi connectivity index (χ3v) is 4.43. The van der Waals surface area contributed by atoms with Crippen LogP contribution in [0.2, 0.25) is 0 Å². The van der Waals surface area contributed by atoms with E-state index in [2.05, 4.69) is 20.4 Å². The molecule has 1 aliphatic rings. The highest BCUT2D eigenvalue weighted by Gasteiger charge is 2.42. The van der Waals surface area contributed by atoms with Crippen LogP contribution in [0.1, 0.15) is 33.1 Å². The van der Waals surface area contributed by atoms with Gasteiger partial charge in [0.1, 0.15) is 0 Å². The number of aliphatic hydroxyl groups is 1. The van der Waals surface area contributed by atoms with Crippen molar-refractivity contribution in [2.24, 2.45) is 17.3 Å². The van der Waals surface area contributed by atoms with E-state index in [1.807, 2.05) is 0 Å². The van der Waals surface area contributed by atoms with Gasteiger partial charge < -0.3 is 14.6 Å². The number of methoxy groups -OCH3 is 2. The average molecular weight is 242 g/mol. The van der Waals surface area contributed by atoms with E-state index in [9.17, 15) is 5.11 Å².